The van der Waals surface area contributed by atoms with Gasteiger partial charge < -0.3 is 0 Å². The van der Waals surface area contributed by atoms with Gasteiger partial charge in [0.25, 0.3) is 0 Å². The summed E-state index contributed by atoms with van der Waals surface area (Å²) < 4.78 is 4.77. The van der Waals surface area contributed by atoms with Crippen LogP contribution in [0.15, 0.2) is 115 Å². The second-order valence-electron chi connectivity index (χ2n) is 10.7. The van der Waals surface area contributed by atoms with Crippen LogP contribution in [0.4, 0.5) is 0 Å². The van der Waals surface area contributed by atoms with E-state index in [1.807, 2.05) is 30.3 Å². The topological polar surface area (TPSA) is 71.4 Å². The summed E-state index contributed by atoms with van der Waals surface area (Å²) in [6.07, 6.45) is 0. The number of fused-ring (bicyclic) bond motifs is 6. The van der Waals surface area contributed by atoms with Crippen molar-refractivity contribution in [1.82, 2.24) is 0 Å². The summed E-state index contributed by atoms with van der Waals surface area (Å²) in [6, 6.07) is 45.7. The maximum absolute atomic E-state index is 10.8. The van der Waals surface area contributed by atoms with Crippen LogP contribution in [0, 0.1) is 34.0 Å². The first-order chi connectivity index (χ1) is 21.6. The molecule has 2 heterocycles. The van der Waals surface area contributed by atoms with E-state index >= 15 is 0 Å². The molecule has 5 heteroatoms. The van der Waals surface area contributed by atoms with Crippen molar-refractivity contribution in [2.24, 2.45) is 0 Å². The van der Waals surface area contributed by atoms with Crippen LogP contribution in [0.1, 0.15) is 16.7 Å². The van der Waals surface area contributed by atoms with Gasteiger partial charge in [0.15, 0.2) is 0 Å². The maximum Gasteiger partial charge on any atom is 0.100 e. The summed E-state index contributed by atoms with van der Waals surface area (Å²) in [7, 11) is 0. The highest BCUT2D eigenvalue weighted by atomic mass is 32.1. The molecule has 0 amide bonds. The van der Waals surface area contributed by atoms with E-state index in [0.717, 1.165) is 54.2 Å². The largest absolute Gasteiger partial charge is 0.192 e. The van der Waals surface area contributed by atoms with Gasteiger partial charge in [-0.15, -0.1) is 22.7 Å². The van der Waals surface area contributed by atoms with E-state index < -0.39 is 0 Å². The molecule has 8 aromatic rings. The minimum atomic E-state index is 0.420. The van der Waals surface area contributed by atoms with Gasteiger partial charge in [0.05, 0.1) is 28.8 Å². The zero-order valence-electron chi connectivity index (χ0n) is 23.1. The Balaban J connectivity index is 1.48. The number of hydrogen-bond donors (Lipinski definition) is 0. The van der Waals surface area contributed by atoms with E-state index in [-0.39, 0.29) is 0 Å². The maximum atomic E-state index is 10.8. The molecule has 8 rings (SSSR count). The van der Waals surface area contributed by atoms with Crippen LogP contribution in [0.5, 0.6) is 0 Å². The van der Waals surface area contributed by atoms with E-state index in [2.05, 4.69) is 97.1 Å². The molecule has 202 valence electrons. The summed E-state index contributed by atoms with van der Waals surface area (Å²) in [6.45, 7) is 0. The van der Waals surface area contributed by atoms with Crippen LogP contribution >= 0.6 is 22.7 Å². The summed E-state index contributed by atoms with van der Waals surface area (Å²) >= 11 is 3.51. The molecule has 0 bridgehead atoms. The van der Waals surface area contributed by atoms with E-state index in [1.54, 1.807) is 28.7 Å². The van der Waals surface area contributed by atoms with Crippen molar-refractivity contribution in [1.29, 1.82) is 15.8 Å². The molecule has 0 aliphatic heterocycles. The fourth-order valence-corrected chi connectivity index (χ4v) is 8.40. The van der Waals surface area contributed by atoms with Crippen LogP contribution < -0.4 is 0 Å². The zero-order valence-corrected chi connectivity index (χ0v) is 24.8. The Labute approximate surface area is 261 Å². The third-order valence-corrected chi connectivity index (χ3v) is 10.4. The van der Waals surface area contributed by atoms with Crippen LogP contribution in [0.3, 0.4) is 0 Å². The smallest absolute Gasteiger partial charge is 0.100 e. The second-order valence-corrected chi connectivity index (χ2v) is 12.8. The molecule has 2 aromatic heterocycles. The Morgan fingerprint density at radius 1 is 0.409 bits per heavy atom. The first-order valence-electron chi connectivity index (χ1n) is 14.0. The summed E-state index contributed by atoms with van der Waals surface area (Å²) in [5.41, 5.74) is 6.60. The molecule has 0 aliphatic carbocycles. The Hall–Kier alpha value is -5.77. The molecule has 0 N–H and O–H groups in total. The number of nitrogens with zero attached hydrogens (tertiary/aromatic N) is 3. The van der Waals surface area contributed by atoms with Crippen molar-refractivity contribution in [3.8, 4) is 51.6 Å². The second kappa shape index (κ2) is 10.2. The van der Waals surface area contributed by atoms with E-state index in [4.69, 9.17) is 0 Å². The van der Waals surface area contributed by atoms with E-state index in [1.165, 1.54) is 19.5 Å². The van der Waals surface area contributed by atoms with E-state index in [9.17, 15) is 15.8 Å². The lowest BCUT2D eigenvalue weighted by Crippen LogP contribution is -1.94. The van der Waals surface area contributed by atoms with Gasteiger partial charge in [-0.1, -0.05) is 54.6 Å². The predicted molar refractivity (Wildman–Crippen MR) is 183 cm³/mol. The predicted octanol–water partition coefficient (Wildman–Crippen LogP) is 11.0. The van der Waals surface area contributed by atoms with Gasteiger partial charge in [-0.05, 0) is 82.9 Å². The highest BCUT2D eigenvalue weighted by Gasteiger charge is 2.20. The van der Waals surface area contributed by atoms with Crippen molar-refractivity contribution in [3.05, 3.63) is 132 Å². The average Bonchev–Trinajstić information content (AvgIpc) is 3.65. The number of thiophene rings is 2. The first-order valence-corrected chi connectivity index (χ1v) is 15.6. The molecule has 0 radical (unpaired) electrons. The Morgan fingerprint density at radius 3 is 1.77 bits per heavy atom. The standard InChI is InChI=1S/C39H19N3S2/c40-20-23-14-24(21-41)16-26(15-23)27-18-31(25-12-13-37-33(17-25)28-6-1-3-9-35(28)43-37)34(22-42)32(19-27)29-8-5-11-38-39(29)30-7-2-4-10-36(30)44-38/h1-19H. The van der Waals surface area contributed by atoms with Gasteiger partial charge in [0.1, 0.15) is 6.07 Å². The van der Waals surface area contributed by atoms with Gasteiger partial charge in [0.2, 0.25) is 0 Å². The van der Waals surface area contributed by atoms with Crippen molar-refractivity contribution < 1.29 is 0 Å². The average molecular weight is 594 g/mol. The van der Waals surface area contributed by atoms with Crippen molar-refractivity contribution in [2.75, 3.05) is 0 Å². The minimum absolute atomic E-state index is 0.420. The molecule has 0 saturated heterocycles. The number of benzene rings is 6. The lowest BCUT2D eigenvalue weighted by molar-refractivity contribution is 1.44. The molecule has 0 fully saturated rings. The van der Waals surface area contributed by atoms with E-state index in [0.29, 0.717) is 16.7 Å². The normalized spacial score (nSPS) is 11.1. The lowest BCUT2D eigenvalue weighted by Gasteiger charge is -2.16. The van der Waals surface area contributed by atoms with Crippen LogP contribution in [0.25, 0.3) is 73.7 Å². The lowest BCUT2D eigenvalue weighted by atomic mass is 9.86. The van der Waals surface area contributed by atoms with Crippen molar-refractivity contribution >= 4 is 63.0 Å². The zero-order chi connectivity index (χ0) is 29.8. The molecule has 6 aromatic carbocycles. The fourth-order valence-electron chi connectivity index (χ4n) is 6.19. The summed E-state index contributed by atoms with van der Waals surface area (Å²) in [5, 5.41) is 34.9. The molecule has 0 spiro atoms. The highest BCUT2D eigenvalue weighted by Crippen LogP contribution is 2.45. The molecular formula is C39H19N3S2. The molecule has 0 atom stereocenters. The summed E-state index contributed by atoms with van der Waals surface area (Å²) in [5.74, 6) is 0. The minimum Gasteiger partial charge on any atom is -0.192 e. The third kappa shape index (κ3) is 4.06. The molecular weight excluding hydrogens is 575 g/mol. The van der Waals surface area contributed by atoms with Gasteiger partial charge >= 0.3 is 0 Å². The molecule has 3 nitrogen and oxygen atoms in total. The Bertz CT molecular complexity index is 2570. The third-order valence-electron chi connectivity index (χ3n) is 8.16. The molecule has 0 aliphatic rings. The van der Waals surface area contributed by atoms with Crippen LogP contribution in [0.2, 0.25) is 0 Å². The van der Waals surface area contributed by atoms with Gasteiger partial charge in [0, 0.05) is 51.5 Å². The number of rotatable bonds is 3. The monoisotopic (exact) mass is 593 g/mol. The van der Waals surface area contributed by atoms with Crippen LogP contribution in [-0.2, 0) is 0 Å². The van der Waals surface area contributed by atoms with Gasteiger partial charge in [-0.2, -0.15) is 15.8 Å². The Morgan fingerprint density at radius 2 is 1.02 bits per heavy atom. The van der Waals surface area contributed by atoms with Gasteiger partial charge in [-0.25, -0.2) is 0 Å². The molecule has 44 heavy (non-hydrogen) atoms. The molecule has 0 saturated carbocycles. The first kappa shape index (κ1) is 25.9. The molecule has 0 unspecified atom stereocenters. The fraction of sp³-hybridized carbons (Fsp3) is 0. The quantitative estimate of drug-likeness (QED) is 0.205. The number of nitriles is 3. The van der Waals surface area contributed by atoms with Crippen molar-refractivity contribution in [2.45, 2.75) is 0 Å². The highest BCUT2D eigenvalue weighted by molar-refractivity contribution is 7.26. The Kier molecular flexibility index (Phi) is 6.00. The van der Waals surface area contributed by atoms with Crippen molar-refractivity contribution in [3.63, 3.8) is 0 Å². The van der Waals surface area contributed by atoms with Crippen LogP contribution in [-0.4, -0.2) is 0 Å². The number of hydrogen-bond acceptors (Lipinski definition) is 5. The SMILES string of the molecule is N#Cc1cc(C#N)cc(-c2cc(-c3ccc4sc5ccccc5c4c3)c(C#N)c(-c3cccc4sc5ccccc5c34)c2)c1. The summed E-state index contributed by atoms with van der Waals surface area (Å²) in [4.78, 5) is 0. The van der Waals surface area contributed by atoms with Gasteiger partial charge in [-0.3, -0.25) is 0 Å².